The van der Waals surface area contributed by atoms with Crippen molar-refractivity contribution in [2.45, 2.75) is 12.5 Å². The maximum Gasteiger partial charge on any atom is 0.157 e. The van der Waals surface area contributed by atoms with E-state index < -0.39 is 0 Å². The average molecular weight is 283 g/mol. The number of amidine groups is 1. The van der Waals surface area contributed by atoms with Crippen molar-refractivity contribution < 1.29 is 0 Å². The molecule has 0 amide bonds. The number of nitrogens with zero attached hydrogens (tertiary/aromatic N) is 2. The molecule has 4 heteroatoms. The van der Waals surface area contributed by atoms with Crippen molar-refractivity contribution in [3.63, 3.8) is 0 Å². The molecule has 1 aromatic heterocycles. The lowest BCUT2D eigenvalue weighted by Gasteiger charge is -2.09. The molecule has 1 unspecified atom stereocenters. The van der Waals surface area contributed by atoms with E-state index in [1.165, 1.54) is 5.56 Å². The normalized spacial score (nSPS) is 20.0. The van der Waals surface area contributed by atoms with Gasteiger partial charge in [0.1, 0.15) is 0 Å². The van der Waals surface area contributed by atoms with Crippen LogP contribution in [0.3, 0.4) is 0 Å². The molecule has 3 nitrogen and oxygen atoms in total. The largest absolute Gasteiger partial charge is 0.357 e. The topological polar surface area (TPSA) is 37.3 Å². The van der Waals surface area contributed by atoms with Crippen LogP contribution in [0.15, 0.2) is 59.7 Å². The van der Waals surface area contributed by atoms with Crippen molar-refractivity contribution in [1.29, 1.82) is 0 Å². The zero-order chi connectivity index (χ0) is 13.6. The first kappa shape index (κ1) is 13.2. The zero-order valence-corrected chi connectivity index (χ0v) is 12.0. The van der Waals surface area contributed by atoms with E-state index in [1.54, 1.807) is 11.8 Å². The Morgan fingerprint density at radius 1 is 1.15 bits per heavy atom. The molecule has 102 valence electrons. The first-order valence-corrected chi connectivity index (χ1v) is 7.79. The lowest BCUT2D eigenvalue weighted by atomic mass is 10.1. The second-order valence-electron chi connectivity index (χ2n) is 4.68. The molecule has 1 aromatic carbocycles. The van der Waals surface area contributed by atoms with Crippen molar-refractivity contribution >= 4 is 16.9 Å². The van der Waals surface area contributed by atoms with Gasteiger partial charge in [0, 0.05) is 30.6 Å². The number of rotatable bonds is 4. The van der Waals surface area contributed by atoms with Gasteiger partial charge in [0.05, 0.1) is 6.04 Å². The molecule has 1 atom stereocenters. The van der Waals surface area contributed by atoms with E-state index in [-0.39, 0.29) is 0 Å². The second kappa shape index (κ2) is 6.57. The van der Waals surface area contributed by atoms with Crippen LogP contribution in [-0.4, -0.2) is 22.4 Å². The van der Waals surface area contributed by atoms with Gasteiger partial charge in [0.25, 0.3) is 0 Å². The van der Waals surface area contributed by atoms with E-state index in [9.17, 15) is 0 Å². The molecule has 1 saturated heterocycles. The van der Waals surface area contributed by atoms with Crippen LogP contribution in [0.25, 0.3) is 0 Å². The molecule has 20 heavy (non-hydrogen) atoms. The van der Waals surface area contributed by atoms with E-state index in [0.717, 1.165) is 29.6 Å². The van der Waals surface area contributed by atoms with E-state index >= 15 is 0 Å². The molecule has 3 rings (SSSR count). The summed E-state index contributed by atoms with van der Waals surface area (Å²) in [7, 11) is 0. The third kappa shape index (κ3) is 3.39. The van der Waals surface area contributed by atoms with Crippen molar-refractivity contribution in [3.05, 3.63) is 66.0 Å². The molecular formula is C16H17N3S. The molecule has 0 radical (unpaired) electrons. The van der Waals surface area contributed by atoms with Crippen LogP contribution < -0.4 is 5.32 Å². The molecule has 1 N–H and O–H groups in total. The van der Waals surface area contributed by atoms with Gasteiger partial charge in [-0.25, -0.2) is 0 Å². The molecule has 2 heterocycles. The minimum Gasteiger partial charge on any atom is -0.357 e. The molecule has 1 aliphatic heterocycles. The summed E-state index contributed by atoms with van der Waals surface area (Å²) in [6.45, 7) is 0.786. The predicted octanol–water partition coefficient (Wildman–Crippen LogP) is 3.06. The number of thioether (sulfide) groups is 1. The number of hydrogen-bond acceptors (Lipinski definition) is 3. The number of nitrogens with one attached hydrogen (secondary N) is 1. The minimum absolute atomic E-state index is 0.384. The first-order valence-electron chi connectivity index (χ1n) is 6.80. The smallest absolute Gasteiger partial charge is 0.157 e. The van der Waals surface area contributed by atoms with Crippen LogP contribution in [0.4, 0.5) is 0 Å². The number of pyridine rings is 1. The molecule has 0 bridgehead atoms. The summed E-state index contributed by atoms with van der Waals surface area (Å²) in [5.41, 5.74) is 2.43. The molecular weight excluding hydrogens is 266 g/mol. The monoisotopic (exact) mass is 283 g/mol. The van der Waals surface area contributed by atoms with Crippen LogP contribution >= 0.6 is 11.8 Å². The summed E-state index contributed by atoms with van der Waals surface area (Å²) in [6, 6.07) is 16.9. The standard InChI is InChI=1S/C16H17N3S/c1-2-6-13(7-3-1)15-12-20-16(19-15)18-11-9-14-8-4-5-10-17-14/h1-8,10,15H,9,11-12H2,(H,18,19). The highest BCUT2D eigenvalue weighted by molar-refractivity contribution is 8.14. The van der Waals surface area contributed by atoms with Gasteiger partial charge in [-0.15, -0.1) is 0 Å². The fourth-order valence-corrected chi connectivity index (χ4v) is 3.18. The van der Waals surface area contributed by atoms with Gasteiger partial charge in [-0.2, -0.15) is 0 Å². The van der Waals surface area contributed by atoms with Crippen LogP contribution in [0.2, 0.25) is 0 Å². The number of hydrogen-bond donors (Lipinski definition) is 1. The maximum atomic E-state index is 4.62. The lowest BCUT2D eigenvalue weighted by Crippen LogP contribution is -2.19. The lowest BCUT2D eigenvalue weighted by molar-refractivity contribution is 0.747. The molecule has 1 fully saturated rings. The fourth-order valence-electron chi connectivity index (χ4n) is 2.17. The number of aliphatic imine (C=N–C) groups is 1. The second-order valence-corrected chi connectivity index (χ2v) is 5.69. The Morgan fingerprint density at radius 2 is 2.00 bits per heavy atom. The van der Waals surface area contributed by atoms with Gasteiger partial charge in [-0.1, -0.05) is 48.2 Å². The Kier molecular flexibility index (Phi) is 4.33. The Hall–Kier alpha value is -1.81. The van der Waals surface area contributed by atoms with E-state index in [1.807, 2.05) is 30.5 Å². The highest BCUT2D eigenvalue weighted by Gasteiger charge is 2.21. The Balaban J connectivity index is 1.53. The van der Waals surface area contributed by atoms with Crippen LogP contribution in [0.1, 0.15) is 17.3 Å². The van der Waals surface area contributed by atoms with Crippen LogP contribution in [0, 0.1) is 0 Å². The number of benzene rings is 1. The highest BCUT2D eigenvalue weighted by Crippen LogP contribution is 2.25. The Labute approximate surface area is 123 Å². The summed E-state index contributed by atoms with van der Waals surface area (Å²) >= 11 is 1.80. The summed E-state index contributed by atoms with van der Waals surface area (Å²) < 4.78 is 0. The van der Waals surface area contributed by atoms with Crippen molar-refractivity contribution in [2.75, 3.05) is 12.3 Å². The van der Waals surface area contributed by atoms with Crippen LogP contribution in [0.5, 0.6) is 0 Å². The third-order valence-corrected chi connectivity index (χ3v) is 4.26. The van der Waals surface area contributed by atoms with E-state index in [2.05, 4.69) is 39.6 Å². The van der Waals surface area contributed by atoms with E-state index in [4.69, 9.17) is 0 Å². The van der Waals surface area contributed by atoms with Gasteiger partial charge < -0.3 is 5.32 Å². The number of aromatic nitrogens is 1. The predicted molar refractivity (Wildman–Crippen MR) is 85.0 cm³/mol. The van der Waals surface area contributed by atoms with Gasteiger partial charge in [-0.3, -0.25) is 9.98 Å². The SMILES string of the molecule is c1ccc(C2CSC(=NCCc3ccccn3)N2)cc1. The first-order chi connectivity index (χ1) is 9.92. The molecule has 2 aromatic rings. The van der Waals surface area contributed by atoms with Gasteiger partial charge in [-0.05, 0) is 17.7 Å². The average Bonchev–Trinajstić information content (AvgIpc) is 2.98. The van der Waals surface area contributed by atoms with Crippen LogP contribution in [-0.2, 0) is 6.42 Å². The molecule has 0 aliphatic carbocycles. The summed E-state index contributed by atoms with van der Waals surface area (Å²) in [6.07, 6.45) is 2.72. The molecule has 1 aliphatic rings. The third-order valence-electron chi connectivity index (χ3n) is 3.24. The van der Waals surface area contributed by atoms with Gasteiger partial charge >= 0.3 is 0 Å². The summed E-state index contributed by atoms with van der Waals surface area (Å²) in [4.78, 5) is 8.93. The van der Waals surface area contributed by atoms with Gasteiger partial charge in [0.2, 0.25) is 0 Å². The summed E-state index contributed by atoms with van der Waals surface area (Å²) in [5, 5.41) is 4.54. The van der Waals surface area contributed by atoms with Crippen molar-refractivity contribution in [3.8, 4) is 0 Å². The minimum atomic E-state index is 0.384. The van der Waals surface area contributed by atoms with Gasteiger partial charge in [0.15, 0.2) is 5.17 Å². The Bertz CT molecular complexity index is 569. The molecule has 0 saturated carbocycles. The van der Waals surface area contributed by atoms with Crippen molar-refractivity contribution in [2.24, 2.45) is 4.99 Å². The summed E-state index contributed by atoms with van der Waals surface area (Å²) in [5.74, 6) is 1.05. The van der Waals surface area contributed by atoms with Crippen molar-refractivity contribution in [1.82, 2.24) is 10.3 Å². The zero-order valence-electron chi connectivity index (χ0n) is 11.2. The highest BCUT2D eigenvalue weighted by atomic mass is 32.2. The Morgan fingerprint density at radius 3 is 2.80 bits per heavy atom. The quantitative estimate of drug-likeness (QED) is 0.937. The molecule has 0 spiro atoms. The van der Waals surface area contributed by atoms with E-state index in [0.29, 0.717) is 6.04 Å². The maximum absolute atomic E-state index is 4.62. The fraction of sp³-hybridized carbons (Fsp3) is 0.250.